The van der Waals surface area contributed by atoms with Crippen molar-refractivity contribution in [1.82, 2.24) is 5.32 Å². The smallest absolute Gasteiger partial charge is 0.273 e. The molecule has 1 N–H and O–H groups in total. The fraction of sp³-hybridized carbons (Fsp3) is 0.333. The second kappa shape index (κ2) is 5.83. The molecule has 1 fully saturated rings. The zero-order valence-electron chi connectivity index (χ0n) is 10.00. The van der Waals surface area contributed by atoms with E-state index in [0.717, 1.165) is 0 Å². The lowest BCUT2D eigenvalue weighted by Crippen LogP contribution is -2.31. The first kappa shape index (κ1) is 13.5. The van der Waals surface area contributed by atoms with E-state index >= 15 is 0 Å². The minimum atomic E-state index is -0.458. The van der Waals surface area contributed by atoms with Crippen LogP contribution < -0.4 is 5.32 Å². The Morgan fingerprint density at radius 2 is 2.11 bits per heavy atom. The highest BCUT2D eigenvalue weighted by molar-refractivity contribution is 7.98. The van der Waals surface area contributed by atoms with E-state index < -0.39 is 11.0 Å². The van der Waals surface area contributed by atoms with E-state index in [2.05, 4.69) is 5.32 Å². The first-order valence-corrected chi connectivity index (χ1v) is 6.85. The summed E-state index contributed by atoms with van der Waals surface area (Å²) in [5.41, 5.74) is 0.700. The first-order chi connectivity index (χ1) is 9.08. The topological polar surface area (TPSA) is 89.3 Å². The average molecular weight is 280 g/mol. The van der Waals surface area contributed by atoms with Crippen molar-refractivity contribution < 1.29 is 14.5 Å². The van der Waals surface area contributed by atoms with Crippen LogP contribution >= 0.6 is 11.8 Å². The number of Topliss-reactive ketones (excluding diaryl/α,β-unsaturated/α-hetero) is 1. The lowest BCUT2D eigenvalue weighted by atomic mass is 10.2. The zero-order chi connectivity index (χ0) is 13.8. The van der Waals surface area contributed by atoms with Gasteiger partial charge < -0.3 is 5.32 Å². The number of hydrogen-bond acceptors (Lipinski definition) is 5. The molecule has 2 rings (SSSR count). The highest BCUT2D eigenvalue weighted by atomic mass is 32.2. The molecule has 1 aromatic rings. The van der Waals surface area contributed by atoms with Gasteiger partial charge in [0.15, 0.2) is 5.78 Å². The van der Waals surface area contributed by atoms with Gasteiger partial charge in [-0.1, -0.05) is 18.2 Å². The van der Waals surface area contributed by atoms with Crippen molar-refractivity contribution in [3.05, 3.63) is 39.9 Å². The van der Waals surface area contributed by atoms with Crippen LogP contribution in [0.5, 0.6) is 0 Å². The molecular weight excluding hydrogens is 268 g/mol. The predicted octanol–water partition coefficient (Wildman–Crippen LogP) is 1.29. The van der Waals surface area contributed by atoms with Gasteiger partial charge in [0.25, 0.3) is 5.69 Å². The van der Waals surface area contributed by atoms with E-state index in [9.17, 15) is 19.7 Å². The number of nitro benzene ring substituents is 1. The summed E-state index contributed by atoms with van der Waals surface area (Å²) >= 11 is 1.40. The summed E-state index contributed by atoms with van der Waals surface area (Å²) in [6.45, 7) is 0. The molecule has 0 bridgehead atoms. The maximum atomic E-state index is 11.4. The highest BCUT2D eigenvalue weighted by Crippen LogP contribution is 2.23. The summed E-state index contributed by atoms with van der Waals surface area (Å²) in [7, 11) is 0. The van der Waals surface area contributed by atoms with Gasteiger partial charge in [0.1, 0.15) is 0 Å². The molecule has 0 saturated carbocycles. The maximum Gasteiger partial charge on any atom is 0.273 e. The minimum Gasteiger partial charge on any atom is -0.345 e. The van der Waals surface area contributed by atoms with Crippen LogP contribution in [0, 0.1) is 10.1 Å². The van der Waals surface area contributed by atoms with Crippen molar-refractivity contribution in [2.75, 3.05) is 5.75 Å². The maximum absolute atomic E-state index is 11.4. The van der Waals surface area contributed by atoms with Gasteiger partial charge in [0.2, 0.25) is 5.91 Å². The second-order valence-corrected chi connectivity index (χ2v) is 5.19. The van der Waals surface area contributed by atoms with Gasteiger partial charge in [-0.2, -0.15) is 11.8 Å². The fourth-order valence-corrected chi connectivity index (χ4v) is 2.93. The number of carbonyl (C=O) groups excluding carboxylic acids is 2. The van der Waals surface area contributed by atoms with Crippen LogP contribution in [0.15, 0.2) is 24.3 Å². The molecule has 1 heterocycles. The fourth-order valence-electron chi connectivity index (χ4n) is 1.84. The molecule has 1 amide bonds. The van der Waals surface area contributed by atoms with Crippen LogP contribution in [-0.4, -0.2) is 28.4 Å². The van der Waals surface area contributed by atoms with Gasteiger partial charge in [0, 0.05) is 23.1 Å². The molecular formula is C12H12N2O4S. The third kappa shape index (κ3) is 3.31. The van der Waals surface area contributed by atoms with Gasteiger partial charge >= 0.3 is 0 Å². The summed E-state index contributed by atoms with van der Waals surface area (Å²) in [5.74, 6) is 0.523. The largest absolute Gasteiger partial charge is 0.345 e. The standard InChI is InChI=1S/C12H12N2O4S/c15-11-5-12(16)13-9(11)7-19-6-8-3-1-2-4-10(8)14(17)18/h1-4,9H,5-7H2,(H,13,16)/t9-/m0/s1. The van der Waals surface area contributed by atoms with Crippen LogP contribution in [-0.2, 0) is 15.3 Å². The lowest BCUT2D eigenvalue weighted by molar-refractivity contribution is -0.385. The van der Waals surface area contributed by atoms with Crippen molar-refractivity contribution in [2.24, 2.45) is 0 Å². The molecule has 100 valence electrons. The molecule has 1 atom stereocenters. The Morgan fingerprint density at radius 1 is 1.37 bits per heavy atom. The molecule has 19 heavy (non-hydrogen) atoms. The van der Waals surface area contributed by atoms with Gasteiger partial charge in [-0.05, 0) is 0 Å². The van der Waals surface area contributed by atoms with E-state index in [0.29, 0.717) is 17.1 Å². The number of ketones is 1. The molecule has 1 saturated heterocycles. The number of thioether (sulfide) groups is 1. The van der Waals surface area contributed by atoms with Crippen LogP contribution in [0.25, 0.3) is 0 Å². The Bertz CT molecular complexity index is 532. The summed E-state index contributed by atoms with van der Waals surface area (Å²) in [6.07, 6.45) is -0.0588. The SMILES string of the molecule is O=C1CC(=O)[C@H](CSCc2ccccc2[N+](=O)[O-])N1. The molecule has 1 aliphatic heterocycles. The summed E-state index contributed by atoms with van der Waals surface area (Å²) < 4.78 is 0. The van der Waals surface area contributed by atoms with E-state index in [1.165, 1.54) is 17.8 Å². The number of nitrogens with one attached hydrogen (secondary N) is 1. The minimum absolute atomic E-state index is 0.0588. The van der Waals surface area contributed by atoms with Crippen molar-refractivity contribution in [3.63, 3.8) is 0 Å². The Labute approximate surface area is 113 Å². The first-order valence-electron chi connectivity index (χ1n) is 5.70. The highest BCUT2D eigenvalue weighted by Gasteiger charge is 2.29. The van der Waals surface area contributed by atoms with Crippen molar-refractivity contribution in [3.8, 4) is 0 Å². The summed E-state index contributed by atoms with van der Waals surface area (Å²) in [4.78, 5) is 32.8. The van der Waals surface area contributed by atoms with Crippen LogP contribution in [0.3, 0.4) is 0 Å². The zero-order valence-corrected chi connectivity index (χ0v) is 10.8. The Hall–Kier alpha value is -1.89. The average Bonchev–Trinajstić information content (AvgIpc) is 2.68. The summed E-state index contributed by atoms with van der Waals surface area (Å²) in [5, 5.41) is 13.4. The number of benzene rings is 1. The number of carbonyl (C=O) groups is 2. The molecule has 0 aromatic heterocycles. The van der Waals surface area contributed by atoms with Crippen molar-refractivity contribution >= 4 is 29.1 Å². The van der Waals surface area contributed by atoms with Crippen molar-refractivity contribution in [1.29, 1.82) is 0 Å². The number of nitro groups is 1. The number of amides is 1. The third-order valence-corrected chi connectivity index (χ3v) is 3.87. The van der Waals surface area contributed by atoms with Gasteiger partial charge in [-0.3, -0.25) is 19.7 Å². The third-order valence-electron chi connectivity index (χ3n) is 2.79. The van der Waals surface area contributed by atoms with E-state index in [-0.39, 0.29) is 23.8 Å². The van der Waals surface area contributed by atoms with Crippen LogP contribution in [0.2, 0.25) is 0 Å². The molecule has 0 aliphatic carbocycles. The second-order valence-electron chi connectivity index (χ2n) is 4.16. The van der Waals surface area contributed by atoms with Gasteiger partial charge in [-0.25, -0.2) is 0 Å². The lowest BCUT2D eigenvalue weighted by Gasteiger charge is -2.08. The number of para-hydroxylation sites is 1. The molecule has 1 aliphatic rings. The monoisotopic (exact) mass is 280 g/mol. The molecule has 6 nitrogen and oxygen atoms in total. The Kier molecular flexibility index (Phi) is 4.16. The Morgan fingerprint density at radius 3 is 2.74 bits per heavy atom. The molecule has 0 spiro atoms. The normalized spacial score (nSPS) is 18.4. The van der Waals surface area contributed by atoms with Crippen LogP contribution in [0.4, 0.5) is 5.69 Å². The number of rotatable bonds is 5. The number of hydrogen-bond donors (Lipinski definition) is 1. The van der Waals surface area contributed by atoms with E-state index in [1.807, 2.05) is 0 Å². The van der Waals surface area contributed by atoms with Gasteiger partial charge in [-0.15, -0.1) is 0 Å². The Balaban J connectivity index is 1.91. The number of nitrogens with zero attached hydrogens (tertiary/aromatic N) is 1. The van der Waals surface area contributed by atoms with E-state index in [1.54, 1.807) is 18.2 Å². The molecule has 1 aromatic carbocycles. The van der Waals surface area contributed by atoms with Gasteiger partial charge in [0.05, 0.1) is 17.4 Å². The van der Waals surface area contributed by atoms with Crippen molar-refractivity contribution in [2.45, 2.75) is 18.2 Å². The molecule has 0 unspecified atom stereocenters. The quantitative estimate of drug-likeness (QED) is 0.498. The molecule has 7 heteroatoms. The predicted molar refractivity (Wildman–Crippen MR) is 70.8 cm³/mol. The summed E-state index contributed by atoms with van der Waals surface area (Å²) in [6, 6.07) is 6.05. The van der Waals surface area contributed by atoms with E-state index in [4.69, 9.17) is 0 Å². The van der Waals surface area contributed by atoms with Crippen LogP contribution in [0.1, 0.15) is 12.0 Å². The molecule has 0 radical (unpaired) electrons.